The first-order chi connectivity index (χ1) is 8.95. The zero-order chi connectivity index (χ0) is 13.6. The fraction of sp³-hybridized carbons (Fsp3) is 0.167. The summed E-state index contributed by atoms with van der Waals surface area (Å²) in [7, 11) is -1.34. The van der Waals surface area contributed by atoms with Crippen molar-refractivity contribution in [3.05, 3.63) is 30.7 Å². The molecule has 0 fully saturated rings. The molecule has 19 heavy (non-hydrogen) atoms. The van der Waals surface area contributed by atoms with Gasteiger partial charge in [0.15, 0.2) is 15.7 Å². The van der Waals surface area contributed by atoms with E-state index in [1.807, 2.05) is 11.6 Å². The molecule has 98 valence electrons. The molecular formula is C12H12N4O2S. The van der Waals surface area contributed by atoms with E-state index in [2.05, 4.69) is 15.0 Å². The number of rotatable bonds is 2. The van der Waals surface area contributed by atoms with Crippen LogP contribution in [0, 0.1) is 0 Å². The highest BCUT2D eigenvalue weighted by Gasteiger charge is 2.12. The molecule has 0 aliphatic heterocycles. The number of imidazole rings is 2. The van der Waals surface area contributed by atoms with Gasteiger partial charge in [0.05, 0.1) is 28.5 Å². The molecule has 0 saturated heterocycles. The first kappa shape index (κ1) is 11.9. The molecule has 1 N–H and O–H groups in total. The van der Waals surface area contributed by atoms with Crippen molar-refractivity contribution in [2.45, 2.75) is 4.90 Å². The molecule has 6 nitrogen and oxygen atoms in total. The van der Waals surface area contributed by atoms with Gasteiger partial charge in [0, 0.05) is 13.3 Å². The third kappa shape index (κ3) is 2.01. The lowest BCUT2D eigenvalue weighted by Gasteiger charge is -1.96. The molecule has 0 bridgehead atoms. The Hall–Kier alpha value is -2.15. The largest absolute Gasteiger partial charge is 0.337 e. The number of sulfone groups is 1. The third-order valence-electron chi connectivity index (χ3n) is 2.94. The lowest BCUT2D eigenvalue weighted by atomic mass is 10.3. The third-order valence-corrected chi connectivity index (χ3v) is 4.05. The Morgan fingerprint density at radius 1 is 1.32 bits per heavy atom. The Labute approximate surface area is 110 Å². The molecule has 1 aromatic carbocycles. The minimum absolute atomic E-state index is 0.278. The van der Waals surface area contributed by atoms with Gasteiger partial charge < -0.3 is 9.55 Å². The first-order valence-electron chi connectivity index (χ1n) is 5.62. The lowest BCUT2D eigenvalue weighted by molar-refractivity contribution is 0.602. The topological polar surface area (TPSA) is 80.6 Å². The summed E-state index contributed by atoms with van der Waals surface area (Å²) in [4.78, 5) is 11.9. The number of aromatic nitrogens is 4. The van der Waals surface area contributed by atoms with E-state index in [1.54, 1.807) is 30.7 Å². The van der Waals surface area contributed by atoms with Crippen LogP contribution in [0.15, 0.2) is 35.6 Å². The summed E-state index contributed by atoms with van der Waals surface area (Å²) in [5.74, 6) is 0.667. The summed E-state index contributed by atoms with van der Waals surface area (Å²) in [5.41, 5.74) is 2.26. The van der Waals surface area contributed by atoms with Gasteiger partial charge in [0.1, 0.15) is 5.69 Å². The Balaban J connectivity index is 2.19. The van der Waals surface area contributed by atoms with Crippen LogP contribution in [0.5, 0.6) is 0 Å². The number of nitrogens with zero attached hydrogens (tertiary/aromatic N) is 3. The standard InChI is InChI=1S/C12H12N4O2S/c1-16-7-13-6-11(16)12-14-9-4-3-8(19(2,17)18)5-10(9)15-12/h3-7H,1-2H3,(H,14,15). The van der Waals surface area contributed by atoms with Crippen molar-refractivity contribution >= 4 is 20.9 Å². The van der Waals surface area contributed by atoms with Crippen LogP contribution < -0.4 is 0 Å². The summed E-state index contributed by atoms with van der Waals surface area (Å²) in [6.45, 7) is 0. The number of aromatic amines is 1. The van der Waals surface area contributed by atoms with Crippen LogP contribution in [0.4, 0.5) is 0 Å². The number of H-pyrrole nitrogens is 1. The molecule has 3 aromatic rings. The maximum Gasteiger partial charge on any atom is 0.175 e. The van der Waals surface area contributed by atoms with Crippen LogP contribution >= 0.6 is 0 Å². The Kier molecular flexibility index (Phi) is 2.46. The van der Waals surface area contributed by atoms with Crippen LogP contribution in [-0.2, 0) is 16.9 Å². The normalized spacial score (nSPS) is 12.1. The zero-order valence-corrected chi connectivity index (χ0v) is 11.3. The maximum absolute atomic E-state index is 11.5. The molecule has 2 heterocycles. The van der Waals surface area contributed by atoms with Gasteiger partial charge in [-0.2, -0.15) is 0 Å². The zero-order valence-electron chi connectivity index (χ0n) is 10.5. The molecule has 0 aliphatic rings. The summed E-state index contributed by atoms with van der Waals surface area (Å²) < 4.78 is 24.9. The van der Waals surface area contributed by atoms with E-state index in [-0.39, 0.29) is 4.90 Å². The van der Waals surface area contributed by atoms with Gasteiger partial charge >= 0.3 is 0 Å². The summed E-state index contributed by atoms with van der Waals surface area (Å²) in [6.07, 6.45) is 4.58. The number of benzene rings is 1. The molecule has 7 heteroatoms. The SMILES string of the molecule is Cn1cncc1-c1nc2ccc(S(C)(=O)=O)cc2[nH]1. The quantitative estimate of drug-likeness (QED) is 0.766. The predicted octanol–water partition coefficient (Wildman–Crippen LogP) is 1.37. The van der Waals surface area contributed by atoms with Crippen molar-refractivity contribution in [2.24, 2.45) is 7.05 Å². The highest BCUT2D eigenvalue weighted by molar-refractivity contribution is 7.90. The minimum atomic E-state index is -3.21. The maximum atomic E-state index is 11.5. The average molecular weight is 276 g/mol. The van der Waals surface area contributed by atoms with E-state index in [0.29, 0.717) is 11.3 Å². The van der Waals surface area contributed by atoms with Crippen LogP contribution in [0.25, 0.3) is 22.6 Å². The first-order valence-corrected chi connectivity index (χ1v) is 7.51. The van der Waals surface area contributed by atoms with Crippen LogP contribution in [0.3, 0.4) is 0 Å². The smallest absolute Gasteiger partial charge is 0.175 e. The Morgan fingerprint density at radius 3 is 2.74 bits per heavy atom. The van der Waals surface area contributed by atoms with E-state index in [0.717, 1.165) is 11.2 Å². The van der Waals surface area contributed by atoms with E-state index in [1.165, 1.54) is 6.26 Å². The van der Waals surface area contributed by atoms with Crippen molar-refractivity contribution < 1.29 is 8.42 Å². The summed E-state index contributed by atoms with van der Waals surface area (Å²) >= 11 is 0. The molecule has 3 rings (SSSR count). The number of hydrogen-bond donors (Lipinski definition) is 1. The lowest BCUT2D eigenvalue weighted by Crippen LogP contribution is -1.96. The van der Waals surface area contributed by atoms with E-state index in [9.17, 15) is 8.42 Å². The van der Waals surface area contributed by atoms with Gasteiger partial charge in [-0.3, -0.25) is 0 Å². The number of aryl methyl sites for hydroxylation is 1. The van der Waals surface area contributed by atoms with E-state index < -0.39 is 9.84 Å². The van der Waals surface area contributed by atoms with Gasteiger partial charge in [-0.15, -0.1) is 0 Å². The van der Waals surface area contributed by atoms with Crippen molar-refractivity contribution in [3.63, 3.8) is 0 Å². The van der Waals surface area contributed by atoms with Gasteiger partial charge in [-0.05, 0) is 18.2 Å². The van der Waals surface area contributed by atoms with Crippen molar-refractivity contribution in [3.8, 4) is 11.5 Å². The molecule has 0 unspecified atom stereocenters. The van der Waals surface area contributed by atoms with Gasteiger partial charge in [-0.25, -0.2) is 18.4 Å². The molecular weight excluding hydrogens is 264 g/mol. The predicted molar refractivity (Wildman–Crippen MR) is 71.4 cm³/mol. The molecule has 0 saturated carbocycles. The summed E-state index contributed by atoms with van der Waals surface area (Å²) in [6, 6.07) is 4.85. The van der Waals surface area contributed by atoms with Gasteiger partial charge in [-0.1, -0.05) is 0 Å². The van der Waals surface area contributed by atoms with Crippen LogP contribution in [0.2, 0.25) is 0 Å². The molecule has 0 aliphatic carbocycles. The number of hydrogen-bond acceptors (Lipinski definition) is 4. The van der Waals surface area contributed by atoms with Gasteiger partial charge in [0.25, 0.3) is 0 Å². The van der Waals surface area contributed by atoms with E-state index in [4.69, 9.17) is 0 Å². The Bertz CT molecular complexity index is 861. The molecule has 0 spiro atoms. The second-order valence-electron chi connectivity index (χ2n) is 4.43. The molecule has 0 amide bonds. The minimum Gasteiger partial charge on any atom is -0.337 e. The monoisotopic (exact) mass is 276 g/mol. The highest BCUT2D eigenvalue weighted by atomic mass is 32.2. The fourth-order valence-electron chi connectivity index (χ4n) is 1.93. The second kappa shape index (κ2) is 3.92. The molecule has 0 radical (unpaired) electrons. The summed E-state index contributed by atoms with van der Waals surface area (Å²) in [5, 5.41) is 0. The fourth-order valence-corrected chi connectivity index (χ4v) is 2.57. The van der Waals surface area contributed by atoms with Crippen LogP contribution in [-0.4, -0.2) is 34.2 Å². The van der Waals surface area contributed by atoms with Crippen molar-refractivity contribution in [2.75, 3.05) is 6.26 Å². The van der Waals surface area contributed by atoms with E-state index >= 15 is 0 Å². The van der Waals surface area contributed by atoms with Crippen LogP contribution in [0.1, 0.15) is 0 Å². The molecule has 2 aromatic heterocycles. The second-order valence-corrected chi connectivity index (χ2v) is 6.44. The number of nitrogens with one attached hydrogen (secondary N) is 1. The van der Waals surface area contributed by atoms with Gasteiger partial charge in [0.2, 0.25) is 0 Å². The van der Waals surface area contributed by atoms with Crippen molar-refractivity contribution in [1.82, 2.24) is 19.5 Å². The number of fused-ring (bicyclic) bond motifs is 1. The Morgan fingerprint density at radius 2 is 2.11 bits per heavy atom. The van der Waals surface area contributed by atoms with Crippen molar-refractivity contribution in [1.29, 1.82) is 0 Å². The highest BCUT2D eigenvalue weighted by Crippen LogP contribution is 2.22. The molecule has 0 atom stereocenters. The average Bonchev–Trinajstić information content (AvgIpc) is 2.91.